The summed E-state index contributed by atoms with van der Waals surface area (Å²) in [6, 6.07) is 11.1. The van der Waals surface area contributed by atoms with E-state index in [4.69, 9.17) is 5.73 Å². The number of aromatic nitrogens is 1. The maximum atomic E-state index is 12.7. The number of pyridine rings is 1. The van der Waals surface area contributed by atoms with Crippen LogP contribution in [0.1, 0.15) is 27.9 Å². The number of hydrogen-bond donors (Lipinski definition) is 1. The molecular weight excluding hydrogens is 318 g/mol. The molecule has 0 saturated carbocycles. The Morgan fingerprint density at radius 3 is 2.72 bits per heavy atom. The van der Waals surface area contributed by atoms with E-state index in [0.29, 0.717) is 19.5 Å². The molecule has 1 atom stereocenters. The van der Waals surface area contributed by atoms with Crippen LogP contribution in [0.3, 0.4) is 0 Å². The van der Waals surface area contributed by atoms with Crippen molar-refractivity contribution in [2.45, 2.75) is 19.9 Å². The van der Waals surface area contributed by atoms with Crippen LogP contribution in [0.2, 0.25) is 0 Å². The number of primary amides is 1. The van der Waals surface area contributed by atoms with Crippen molar-refractivity contribution < 1.29 is 9.59 Å². The van der Waals surface area contributed by atoms with E-state index < -0.39 is 5.91 Å². The van der Waals surface area contributed by atoms with Crippen LogP contribution in [0.25, 0.3) is 0 Å². The minimum atomic E-state index is -0.403. The van der Waals surface area contributed by atoms with E-state index in [1.54, 1.807) is 12.3 Å². The first kappa shape index (κ1) is 17.0. The predicted molar refractivity (Wildman–Crippen MR) is 94.2 cm³/mol. The molecule has 2 heterocycles. The molecule has 0 unspecified atom stereocenters. The number of rotatable bonds is 4. The van der Waals surface area contributed by atoms with Crippen molar-refractivity contribution in [1.29, 1.82) is 0 Å². The SMILES string of the molecule is Cc1cccc(Cn2cccc(C(=O)N3CC[C@@H](C(N)=O)C3)c2=O)c1. The molecule has 1 fully saturated rings. The molecule has 1 aliphatic heterocycles. The smallest absolute Gasteiger partial charge is 0.263 e. The monoisotopic (exact) mass is 339 g/mol. The normalized spacial score (nSPS) is 16.8. The maximum Gasteiger partial charge on any atom is 0.263 e. The van der Waals surface area contributed by atoms with E-state index in [2.05, 4.69) is 0 Å². The lowest BCUT2D eigenvalue weighted by molar-refractivity contribution is -0.121. The van der Waals surface area contributed by atoms with Crippen LogP contribution in [0.5, 0.6) is 0 Å². The van der Waals surface area contributed by atoms with Crippen LogP contribution >= 0.6 is 0 Å². The van der Waals surface area contributed by atoms with Crippen LogP contribution in [0, 0.1) is 12.8 Å². The molecule has 1 aromatic carbocycles. The average molecular weight is 339 g/mol. The highest BCUT2D eigenvalue weighted by Gasteiger charge is 2.31. The Bertz CT molecular complexity index is 872. The van der Waals surface area contributed by atoms with E-state index in [0.717, 1.165) is 11.1 Å². The minimum absolute atomic E-state index is 0.125. The van der Waals surface area contributed by atoms with Crippen molar-refractivity contribution in [2.75, 3.05) is 13.1 Å². The molecule has 1 aliphatic rings. The second kappa shape index (κ2) is 6.93. The number of likely N-dealkylation sites (tertiary alicyclic amines) is 1. The van der Waals surface area contributed by atoms with Gasteiger partial charge in [-0.05, 0) is 31.0 Å². The van der Waals surface area contributed by atoms with Crippen LogP contribution in [0.4, 0.5) is 0 Å². The van der Waals surface area contributed by atoms with Gasteiger partial charge >= 0.3 is 0 Å². The zero-order valence-corrected chi connectivity index (χ0v) is 14.1. The molecular formula is C19H21N3O3. The molecule has 0 spiro atoms. The fourth-order valence-corrected chi connectivity index (χ4v) is 3.18. The van der Waals surface area contributed by atoms with Crippen LogP contribution in [-0.2, 0) is 11.3 Å². The third-order valence-corrected chi connectivity index (χ3v) is 4.56. The number of carbonyl (C=O) groups excluding carboxylic acids is 2. The van der Waals surface area contributed by atoms with Gasteiger partial charge in [-0.25, -0.2) is 0 Å². The number of benzene rings is 1. The van der Waals surface area contributed by atoms with Crippen LogP contribution < -0.4 is 11.3 Å². The van der Waals surface area contributed by atoms with Gasteiger partial charge in [0.15, 0.2) is 0 Å². The molecule has 1 saturated heterocycles. The van der Waals surface area contributed by atoms with Crippen LogP contribution in [-0.4, -0.2) is 34.4 Å². The van der Waals surface area contributed by atoms with Crippen molar-refractivity contribution in [3.8, 4) is 0 Å². The second-order valence-electron chi connectivity index (χ2n) is 6.48. The Labute approximate surface area is 145 Å². The molecule has 6 heteroatoms. The summed E-state index contributed by atoms with van der Waals surface area (Å²) in [7, 11) is 0. The molecule has 2 aromatic rings. The van der Waals surface area contributed by atoms with Gasteiger partial charge in [-0.2, -0.15) is 0 Å². The van der Waals surface area contributed by atoms with Crippen molar-refractivity contribution in [1.82, 2.24) is 9.47 Å². The highest BCUT2D eigenvalue weighted by Crippen LogP contribution is 2.17. The Balaban J connectivity index is 1.83. The second-order valence-corrected chi connectivity index (χ2v) is 6.48. The fraction of sp³-hybridized carbons (Fsp3) is 0.316. The van der Waals surface area contributed by atoms with Gasteiger partial charge in [-0.15, -0.1) is 0 Å². The molecule has 3 rings (SSSR count). The molecule has 130 valence electrons. The van der Waals surface area contributed by atoms with Gasteiger partial charge in [0, 0.05) is 19.3 Å². The van der Waals surface area contributed by atoms with Gasteiger partial charge in [-0.3, -0.25) is 14.4 Å². The van der Waals surface area contributed by atoms with E-state index in [1.165, 1.54) is 15.5 Å². The summed E-state index contributed by atoms with van der Waals surface area (Å²) in [4.78, 5) is 38.2. The molecule has 2 N–H and O–H groups in total. The Morgan fingerprint density at radius 1 is 1.24 bits per heavy atom. The summed E-state index contributed by atoms with van der Waals surface area (Å²) < 4.78 is 1.53. The third-order valence-electron chi connectivity index (χ3n) is 4.56. The lowest BCUT2D eigenvalue weighted by Gasteiger charge is -2.16. The van der Waals surface area contributed by atoms with Crippen LogP contribution in [0.15, 0.2) is 47.4 Å². The predicted octanol–water partition coefficient (Wildman–Crippen LogP) is 1.15. The van der Waals surface area contributed by atoms with E-state index in [1.807, 2.05) is 31.2 Å². The highest BCUT2D eigenvalue weighted by atomic mass is 16.2. The first-order valence-electron chi connectivity index (χ1n) is 8.29. The number of aryl methyl sites for hydroxylation is 1. The standard InChI is InChI=1S/C19H21N3O3/c1-13-4-2-5-14(10-13)11-21-8-3-6-16(18(21)24)19(25)22-9-7-15(12-22)17(20)23/h2-6,8,10,15H,7,9,11-12H2,1H3,(H2,20,23)/t15-/m1/s1. The van der Waals surface area contributed by atoms with Gasteiger partial charge in [0.05, 0.1) is 12.5 Å². The van der Waals surface area contributed by atoms with Crippen molar-refractivity contribution in [3.63, 3.8) is 0 Å². The van der Waals surface area contributed by atoms with E-state index in [-0.39, 0.29) is 29.5 Å². The lowest BCUT2D eigenvalue weighted by Crippen LogP contribution is -2.36. The zero-order chi connectivity index (χ0) is 18.0. The Kier molecular flexibility index (Phi) is 4.70. The molecule has 2 amide bonds. The molecule has 25 heavy (non-hydrogen) atoms. The first-order valence-corrected chi connectivity index (χ1v) is 8.29. The maximum absolute atomic E-state index is 12.7. The van der Waals surface area contributed by atoms with Gasteiger partial charge in [0.1, 0.15) is 5.56 Å². The Hall–Kier alpha value is -2.89. The largest absolute Gasteiger partial charge is 0.369 e. The third kappa shape index (κ3) is 3.63. The first-order chi connectivity index (χ1) is 12.0. The fourth-order valence-electron chi connectivity index (χ4n) is 3.18. The minimum Gasteiger partial charge on any atom is -0.369 e. The number of carbonyl (C=O) groups is 2. The van der Waals surface area contributed by atoms with Gasteiger partial charge in [0.25, 0.3) is 11.5 Å². The van der Waals surface area contributed by atoms with Gasteiger partial charge in [-0.1, -0.05) is 29.8 Å². The van der Waals surface area contributed by atoms with Crippen molar-refractivity contribution >= 4 is 11.8 Å². The summed E-state index contributed by atoms with van der Waals surface area (Å²) >= 11 is 0. The number of nitrogens with zero attached hydrogens (tertiary/aromatic N) is 2. The summed E-state index contributed by atoms with van der Waals surface area (Å²) in [5, 5.41) is 0. The average Bonchev–Trinajstić information content (AvgIpc) is 3.07. The molecule has 0 radical (unpaired) electrons. The van der Waals surface area contributed by atoms with Crippen molar-refractivity contribution in [2.24, 2.45) is 11.7 Å². The van der Waals surface area contributed by atoms with Gasteiger partial charge < -0.3 is 15.2 Å². The molecule has 6 nitrogen and oxygen atoms in total. The summed E-state index contributed by atoms with van der Waals surface area (Å²) in [5.74, 6) is -1.07. The lowest BCUT2D eigenvalue weighted by atomic mass is 10.1. The Morgan fingerprint density at radius 2 is 2.04 bits per heavy atom. The molecule has 0 bridgehead atoms. The number of nitrogens with two attached hydrogens (primary N) is 1. The van der Waals surface area contributed by atoms with Crippen molar-refractivity contribution in [3.05, 3.63) is 69.6 Å². The molecule has 0 aliphatic carbocycles. The van der Waals surface area contributed by atoms with E-state index in [9.17, 15) is 14.4 Å². The van der Waals surface area contributed by atoms with E-state index >= 15 is 0 Å². The summed E-state index contributed by atoms with van der Waals surface area (Å²) in [6.07, 6.45) is 2.23. The zero-order valence-electron chi connectivity index (χ0n) is 14.1. The topological polar surface area (TPSA) is 85.4 Å². The molecule has 1 aromatic heterocycles. The van der Waals surface area contributed by atoms with Gasteiger partial charge in [0.2, 0.25) is 5.91 Å². The highest BCUT2D eigenvalue weighted by molar-refractivity contribution is 5.94. The number of amides is 2. The summed E-state index contributed by atoms with van der Waals surface area (Å²) in [6.45, 7) is 3.12. The summed E-state index contributed by atoms with van der Waals surface area (Å²) in [5.41, 5.74) is 7.23. The number of hydrogen-bond acceptors (Lipinski definition) is 3. The quantitative estimate of drug-likeness (QED) is 0.907.